The standard InChI is InChI=1S/C24H29N5O3/c1-4-16-29-24(32)19-15-11-10-14-18(19)20(27-29)22(30)25-26-23(31)21(28(5-2)6-3)17-12-8-7-9-13-17/h7-15,21H,4-6,16H2,1-3H3,(H,25,30)(H,26,31). The molecule has 0 bridgehead atoms. The molecule has 3 aromatic rings. The van der Waals surface area contributed by atoms with E-state index in [2.05, 4.69) is 16.0 Å². The molecule has 1 heterocycles. The third-order valence-corrected chi connectivity index (χ3v) is 5.36. The Morgan fingerprint density at radius 2 is 1.56 bits per heavy atom. The van der Waals surface area contributed by atoms with E-state index < -0.39 is 11.9 Å². The summed E-state index contributed by atoms with van der Waals surface area (Å²) in [5.41, 5.74) is 5.73. The van der Waals surface area contributed by atoms with Crippen molar-refractivity contribution in [1.29, 1.82) is 0 Å². The highest BCUT2D eigenvalue weighted by Gasteiger charge is 2.26. The Kier molecular flexibility index (Phi) is 7.72. The first-order valence-electron chi connectivity index (χ1n) is 10.9. The second kappa shape index (κ2) is 10.7. The van der Waals surface area contributed by atoms with Gasteiger partial charge in [0, 0.05) is 11.9 Å². The van der Waals surface area contributed by atoms with Crippen LogP contribution in [-0.4, -0.2) is 39.6 Å². The molecule has 0 spiro atoms. The molecule has 8 heteroatoms. The fourth-order valence-corrected chi connectivity index (χ4v) is 3.76. The van der Waals surface area contributed by atoms with Crippen molar-refractivity contribution in [3.8, 4) is 0 Å². The number of carbonyl (C=O) groups is 2. The number of likely N-dealkylation sites (N-methyl/N-ethyl adjacent to an activating group) is 1. The SMILES string of the molecule is CCCn1nc(C(=O)NNC(=O)C(c2ccccc2)N(CC)CC)c2ccccc2c1=O. The number of hydrazine groups is 1. The summed E-state index contributed by atoms with van der Waals surface area (Å²) in [6, 6.07) is 15.7. The summed E-state index contributed by atoms with van der Waals surface area (Å²) >= 11 is 0. The van der Waals surface area contributed by atoms with Crippen molar-refractivity contribution in [2.45, 2.75) is 39.8 Å². The Labute approximate surface area is 187 Å². The van der Waals surface area contributed by atoms with Crippen molar-refractivity contribution in [3.05, 3.63) is 76.2 Å². The van der Waals surface area contributed by atoms with Gasteiger partial charge in [-0.3, -0.25) is 30.1 Å². The van der Waals surface area contributed by atoms with Crippen molar-refractivity contribution >= 4 is 22.6 Å². The van der Waals surface area contributed by atoms with Crippen molar-refractivity contribution in [2.24, 2.45) is 0 Å². The van der Waals surface area contributed by atoms with Gasteiger partial charge in [-0.2, -0.15) is 5.10 Å². The van der Waals surface area contributed by atoms with Gasteiger partial charge in [-0.15, -0.1) is 0 Å². The van der Waals surface area contributed by atoms with Crippen LogP contribution in [0.3, 0.4) is 0 Å². The molecule has 32 heavy (non-hydrogen) atoms. The highest BCUT2D eigenvalue weighted by molar-refractivity contribution is 6.05. The Bertz CT molecular complexity index is 1140. The first-order chi connectivity index (χ1) is 15.5. The van der Waals surface area contributed by atoms with E-state index in [4.69, 9.17) is 0 Å². The predicted octanol–water partition coefficient (Wildman–Crippen LogP) is 2.65. The lowest BCUT2D eigenvalue weighted by Gasteiger charge is -2.29. The molecule has 1 aromatic heterocycles. The van der Waals surface area contributed by atoms with Gasteiger partial charge >= 0.3 is 0 Å². The van der Waals surface area contributed by atoms with E-state index in [1.165, 1.54) is 4.68 Å². The molecule has 0 saturated carbocycles. The molecule has 168 valence electrons. The number of aromatic nitrogens is 2. The van der Waals surface area contributed by atoms with E-state index in [1.807, 2.05) is 56.0 Å². The highest BCUT2D eigenvalue weighted by Crippen LogP contribution is 2.20. The average Bonchev–Trinajstić information content (AvgIpc) is 2.83. The zero-order valence-corrected chi connectivity index (χ0v) is 18.7. The number of benzene rings is 2. The second-order valence-corrected chi connectivity index (χ2v) is 7.40. The van der Waals surface area contributed by atoms with E-state index in [9.17, 15) is 14.4 Å². The van der Waals surface area contributed by atoms with Crippen LogP contribution in [0.25, 0.3) is 10.8 Å². The molecule has 0 fully saturated rings. The van der Waals surface area contributed by atoms with Crippen LogP contribution in [0.2, 0.25) is 0 Å². The van der Waals surface area contributed by atoms with Gasteiger partial charge in [0.05, 0.1) is 5.39 Å². The second-order valence-electron chi connectivity index (χ2n) is 7.40. The fraction of sp³-hybridized carbons (Fsp3) is 0.333. The van der Waals surface area contributed by atoms with E-state index >= 15 is 0 Å². The smallest absolute Gasteiger partial charge is 0.289 e. The third-order valence-electron chi connectivity index (χ3n) is 5.36. The molecule has 1 atom stereocenters. The van der Waals surface area contributed by atoms with Gasteiger partial charge in [0.1, 0.15) is 6.04 Å². The van der Waals surface area contributed by atoms with Crippen molar-refractivity contribution < 1.29 is 9.59 Å². The molecular formula is C24H29N5O3. The maximum Gasteiger partial charge on any atom is 0.290 e. The lowest BCUT2D eigenvalue weighted by atomic mass is 10.0. The largest absolute Gasteiger partial charge is 0.290 e. The van der Waals surface area contributed by atoms with E-state index in [-0.39, 0.29) is 17.2 Å². The van der Waals surface area contributed by atoms with Crippen LogP contribution >= 0.6 is 0 Å². The number of amides is 2. The lowest BCUT2D eigenvalue weighted by molar-refractivity contribution is -0.127. The number of nitrogens with zero attached hydrogens (tertiary/aromatic N) is 3. The molecule has 0 aliphatic heterocycles. The van der Waals surface area contributed by atoms with Crippen LogP contribution in [0.5, 0.6) is 0 Å². The van der Waals surface area contributed by atoms with Gasteiger partial charge in [-0.05, 0) is 31.1 Å². The zero-order chi connectivity index (χ0) is 23.1. The fourth-order valence-electron chi connectivity index (χ4n) is 3.76. The number of hydrogen-bond donors (Lipinski definition) is 2. The van der Waals surface area contributed by atoms with E-state index in [1.54, 1.807) is 24.3 Å². The van der Waals surface area contributed by atoms with Crippen molar-refractivity contribution in [2.75, 3.05) is 13.1 Å². The molecule has 0 aliphatic carbocycles. The minimum absolute atomic E-state index is 0.0908. The molecule has 3 rings (SSSR count). The van der Waals surface area contributed by atoms with Gasteiger partial charge in [0.25, 0.3) is 17.4 Å². The Balaban J connectivity index is 1.87. The number of carbonyl (C=O) groups excluding carboxylic acids is 2. The summed E-state index contributed by atoms with van der Waals surface area (Å²) in [5.74, 6) is -0.926. The first kappa shape index (κ1) is 23.1. The summed E-state index contributed by atoms with van der Waals surface area (Å²) in [6.45, 7) is 7.64. The van der Waals surface area contributed by atoms with Crippen LogP contribution in [0.15, 0.2) is 59.4 Å². The first-order valence-corrected chi connectivity index (χ1v) is 10.9. The molecule has 1 unspecified atom stereocenters. The third kappa shape index (κ3) is 4.86. The minimum atomic E-state index is -0.578. The van der Waals surface area contributed by atoms with E-state index in [0.29, 0.717) is 36.8 Å². The number of hydrogen-bond acceptors (Lipinski definition) is 5. The summed E-state index contributed by atoms with van der Waals surface area (Å²) in [7, 11) is 0. The molecule has 8 nitrogen and oxygen atoms in total. The molecule has 0 aliphatic rings. The van der Waals surface area contributed by atoms with Crippen LogP contribution in [0.4, 0.5) is 0 Å². The number of nitrogens with one attached hydrogen (secondary N) is 2. The molecule has 0 saturated heterocycles. The van der Waals surface area contributed by atoms with Gasteiger partial charge in [0.2, 0.25) is 0 Å². The topological polar surface area (TPSA) is 96.3 Å². The average molecular weight is 436 g/mol. The summed E-state index contributed by atoms with van der Waals surface area (Å²) in [4.78, 5) is 40.7. The van der Waals surface area contributed by atoms with Crippen molar-refractivity contribution in [3.63, 3.8) is 0 Å². The molecule has 2 N–H and O–H groups in total. The van der Waals surface area contributed by atoms with Gasteiger partial charge < -0.3 is 0 Å². The molecule has 2 aromatic carbocycles. The van der Waals surface area contributed by atoms with Crippen molar-refractivity contribution in [1.82, 2.24) is 25.5 Å². The van der Waals surface area contributed by atoms with Crippen LogP contribution in [-0.2, 0) is 11.3 Å². The molecule has 2 amide bonds. The summed E-state index contributed by atoms with van der Waals surface area (Å²) < 4.78 is 1.29. The Morgan fingerprint density at radius 1 is 0.938 bits per heavy atom. The van der Waals surface area contributed by atoms with E-state index in [0.717, 1.165) is 5.56 Å². The maximum atomic E-state index is 13.1. The zero-order valence-electron chi connectivity index (χ0n) is 18.7. The van der Waals surface area contributed by atoms with Crippen LogP contribution < -0.4 is 16.4 Å². The maximum absolute atomic E-state index is 13.1. The predicted molar refractivity (Wildman–Crippen MR) is 124 cm³/mol. The minimum Gasteiger partial charge on any atom is -0.289 e. The molecular weight excluding hydrogens is 406 g/mol. The summed E-state index contributed by atoms with van der Waals surface area (Å²) in [6.07, 6.45) is 0.700. The normalized spacial score (nSPS) is 12.0. The quantitative estimate of drug-likeness (QED) is 0.531. The Hall–Kier alpha value is -3.52. The number of rotatable bonds is 8. The van der Waals surface area contributed by atoms with Crippen LogP contribution in [0.1, 0.15) is 49.3 Å². The van der Waals surface area contributed by atoms with Gasteiger partial charge in [-0.1, -0.05) is 69.3 Å². The molecule has 0 radical (unpaired) electrons. The van der Waals surface area contributed by atoms with Gasteiger partial charge in [0.15, 0.2) is 5.69 Å². The lowest BCUT2D eigenvalue weighted by Crippen LogP contribution is -2.48. The number of aryl methyl sites for hydroxylation is 1. The summed E-state index contributed by atoms with van der Waals surface area (Å²) in [5, 5.41) is 5.13. The Morgan fingerprint density at radius 3 is 2.19 bits per heavy atom. The van der Waals surface area contributed by atoms with Crippen LogP contribution in [0, 0.1) is 0 Å². The monoisotopic (exact) mass is 435 g/mol. The highest BCUT2D eigenvalue weighted by atomic mass is 16.2. The number of fused-ring (bicyclic) bond motifs is 1. The van der Waals surface area contributed by atoms with Gasteiger partial charge in [-0.25, -0.2) is 4.68 Å².